The summed E-state index contributed by atoms with van der Waals surface area (Å²) in [6, 6.07) is 1.21. The maximum absolute atomic E-state index is 11.7. The molecule has 0 aromatic carbocycles. The first-order valence-electron chi connectivity index (χ1n) is 5.59. The van der Waals surface area contributed by atoms with Crippen molar-refractivity contribution in [1.29, 1.82) is 0 Å². The first-order valence-corrected chi connectivity index (χ1v) is 5.59. The minimum absolute atomic E-state index is 0.334. The number of nitrogens with zero attached hydrogens (tertiary/aromatic N) is 1. The van der Waals surface area contributed by atoms with Gasteiger partial charge >= 0.3 is 5.69 Å². The molecular formula is C10H13N3O5. The minimum atomic E-state index is -0.897. The molecule has 2 fully saturated rings. The summed E-state index contributed by atoms with van der Waals surface area (Å²) >= 11 is 0. The molecule has 0 aliphatic carbocycles. The maximum Gasteiger partial charge on any atom is 0.330 e. The van der Waals surface area contributed by atoms with Crippen LogP contribution in [-0.2, 0) is 4.74 Å². The van der Waals surface area contributed by atoms with Crippen LogP contribution in [0.1, 0.15) is 6.23 Å². The lowest BCUT2D eigenvalue weighted by atomic mass is 10.00. The van der Waals surface area contributed by atoms with Crippen LogP contribution in [0.5, 0.6) is 0 Å². The Labute approximate surface area is 101 Å². The number of hydrogen-bond acceptors (Lipinski definition) is 6. The van der Waals surface area contributed by atoms with Crippen LogP contribution in [-0.4, -0.2) is 50.7 Å². The quantitative estimate of drug-likeness (QED) is 0.421. The molecule has 1 aromatic rings. The first kappa shape index (κ1) is 11.6. The fraction of sp³-hybridized carbons (Fsp3) is 0.600. The van der Waals surface area contributed by atoms with Gasteiger partial charge in [0.25, 0.3) is 5.56 Å². The highest BCUT2D eigenvalue weighted by Gasteiger charge is 2.64. The number of rotatable bonds is 2. The number of H-pyrrole nitrogens is 1. The number of ether oxygens (including phenoxy) is 1. The second-order valence-electron chi connectivity index (χ2n) is 4.57. The Hall–Kier alpha value is -1.48. The van der Waals surface area contributed by atoms with E-state index in [9.17, 15) is 14.7 Å². The van der Waals surface area contributed by atoms with Crippen LogP contribution in [0.3, 0.4) is 0 Å². The lowest BCUT2D eigenvalue weighted by Gasteiger charge is -2.19. The molecule has 1 spiro atoms. The van der Waals surface area contributed by atoms with Gasteiger partial charge in [-0.05, 0) is 0 Å². The van der Waals surface area contributed by atoms with E-state index in [1.54, 1.807) is 0 Å². The van der Waals surface area contributed by atoms with E-state index in [1.165, 1.54) is 16.8 Å². The van der Waals surface area contributed by atoms with Crippen molar-refractivity contribution < 1.29 is 14.9 Å². The van der Waals surface area contributed by atoms with Crippen molar-refractivity contribution in [2.45, 2.75) is 24.0 Å². The third kappa shape index (κ3) is 1.47. The molecule has 8 heteroatoms. The molecule has 0 bridgehead atoms. The van der Waals surface area contributed by atoms with Crippen LogP contribution in [0.4, 0.5) is 0 Å². The van der Waals surface area contributed by atoms with E-state index in [4.69, 9.17) is 9.84 Å². The Bertz CT molecular complexity index is 575. The fourth-order valence-electron chi connectivity index (χ4n) is 2.39. The summed E-state index contributed by atoms with van der Waals surface area (Å²) in [5.41, 5.74) is -1.85. The van der Waals surface area contributed by atoms with Gasteiger partial charge in [0.05, 0.1) is 6.61 Å². The van der Waals surface area contributed by atoms with Crippen LogP contribution in [0.25, 0.3) is 0 Å². The number of hydrogen-bond donors (Lipinski definition) is 4. The summed E-state index contributed by atoms with van der Waals surface area (Å²) in [5, 5.41) is 22.1. The van der Waals surface area contributed by atoms with Crippen LogP contribution >= 0.6 is 0 Å². The number of aromatic amines is 1. The van der Waals surface area contributed by atoms with Gasteiger partial charge in [-0.15, -0.1) is 0 Å². The minimum Gasteiger partial charge on any atom is -0.394 e. The van der Waals surface area contributed by atoms with E-state index in [-0.39, 0.29) is 6.61 Å². The van der Waals surface area contributed by atoms with Crippen LogP contribution in [0.15, 0.2) is 21.9 Å². The predicted molar refractivity (Wildman–Crippen MR) is 59.1 cm³/mol. The molecule has 0 radical (unpaired) electrons. The van der Waals surface area contributed by atoms with E-state index < -0.39 is 35.2 Å². The zero-order valence-electron chi connectivity index (χ0n) is 9.37. The Morgan fingerprint density at radius 2 is 2.28 bits per heavy atom. The van der Waals surface area contributed by atoms with Crippen molar-refractivity contribution in [1.82, 2.24) is 14.9 Å². The average Bonchev–Trinajstić information content (AvgIpc) is 3.07. The highest BCUT2D eigenvalue weighted by Crippen LogP contribution is 2.43. The molecule has 0 saturated carbocycles. The number of aliphatic hydroxyl groups is 2. The SMILES string of the molecule is O=c1ccn([C@@H]2O[C@H](CO)[C@H](O)C23CN3)c(=O)[nH]1. The third-order valence-electron chi connectivity index (χ3n) is 3.49. The number of aromatic nitrogens is 2. The molecule has 18 heavy (non-hydrogen) atoms. The normalized spacial score (nSPS) is 38.2. The molecule has 3 heterocycles. The van der Waals surface area contributed by atoms with Crippen molar-refractivity contribution in [3.05, 3.63) is 33.1 Å². The molecule has 98 valence electrons. The summed E-state index contributed by atoms with van der Waals surface area (Å²) in [4.78, 5) is 24.8. The van der Waals surface area contributed by atoms with E-state index in [0.29, 0.717) is 6.54 Å². The van der Waals surface area contributed by atoms with E-state index in [0.717, 1.165) is 0 Å². The van der Waals surface area contributed by atoms with E-state index >= 15 is 0 Å². The average molecular weight is 255 g/mol. The molecule has 3 rings (SSSR count). The largest absolute Gasteiger partial charge is 0.394 e. The topological polar surface area (TPSA) is 126 Å². The molecule has 1 aromatic heterocycles. The zero-order chi connectivity index (χ0) is 12.9. The molecule has 8 nitrogen and oxygen atoms in total. The lowest BCUT2D eigenvalue weighted by Crippen LogP contribution is -2.42. The van der Waals surface area contributed by atoms with Gasteiger partial charge in [0, 0.05) is 18.8 Å². The molecule has 2 saturated heterocycles. The van der Waals surface area contributed by atoms with Crippen molar-refractivity contribution >= 4 is 0 Å². The number of aliphatic hydroxyl groups excluding tert-OH is 2. The fourth-order valence-corrected chi connectivity index (χ4v) is 2.39. The smallest absolute Gasteiger partial charge is 0.330 e. The molecule has 0 amide bonds. The summed E-state index contributed by atoms with van der Waals surface area (Å²) in [6.45, 7) is 0.153. The standard InChI is InChI=1S/C10H13N3O5/c14-3-5-7(16)10(4-11-10)8(18-5)13-2-1-6(15)12-9(13)17/h1-2,5,7-8,11,14,16H,3-4H2,(H,12,15,17)/t5-,7+,8-,10?/m1/s1. The van der Waals surface area contributed by atoms with Gasteiger partial charge in [0.2, 0.25) is 0 Å². The van der Waals surface area contributed by atoms with Gasteiger partial charge in [-0.25, -0.2) is 4.79 Å². The van der Waals surface area contributed by atoms with Gasteiger partial charge in [0.1, 0.15) is 17.7 Å². The second-order valence-corrected chi connectivity index (χ2v) is 4.57. The molecule has 2 aliphatic rings. The van der Waals surface area contributed by atoms with Crippen LogP contribution < -0.4 is 16.6 Å². The number of nitrogens with one attached hydrogen (secondary N) is 2. The summed E-state index contributed by atoms with van der Waals surface area (Å²) < 4.78 is 6.69. The van der Waals surface area contributed by atoms with Crippen molar-refractivity contribution in [2.24, 2.45) is 0 Å². The Morgan fingerprint density at radius 3 is 2.83 bits per heavy atom. The second kappa shape index (κ2) is 3.75. The highest BCUT2D eigenvalue weighted by atomic mass is 16.5. The molecule has 1 unspecified atom stereocenters. The van der Waals surface area contributed by atoms with Crippen molar-refractivity contribution in [3.8, 4) is 0 Å². The monoisotopic (exact) mass is 255 g/mol. The third-order valence-corrected chi connectivity index (χ3v) is 3.49. The van der Waals surface area contributed by atoms with Gasteiger partial charge < -0.3 is 20.3 Å². The summed E-state index contributed by atoms with van der Waals surface area (Å²) in [6.07, 6.45) is -1.07. The summed E-state index contributed by atoms with van der Waals surface area (Å²) in [7, 11) is 0. The predicted octanol–water partition coefficient (Wildman–Crippen LogP) is -2.87. The van der Waals surface area contributed by atoms with Gasteiger partial charge in [-0.2, -0.15) is 0 Å². The Morgan fingerprint density at radius 1 is 1.56 bits per heavy atom. The van der Waals surface area contributed by atoms with Crippen LogP contribution in [0.2, 0.25) is 0 Å². The molecular weight excluding hydrogens is 242 g/mol. The lowest BCUT2D eigenvalue weighted by molar-refractivity contribution is -0.0470. The van der Waals surface area contributed by atoms with Gasteiger partial charge in [0.15, 0.2) is 6.23 Å². The first-order chi connectivity index (χ1) is 8.58. The van der Waals surface area contributed by atoms with E-state index in [1.807, 2.05) is 0 Å². The van der Waals surface area contributed by atoms with Crippen LogP contribution in [0, 0.1) is 0 Å². The Balaban J connectivity index is 2.02. The zero-order valence-corrected chi connectivity index (χ0v) is 9.37. The van der Waals surface area contributed by atoms with E-state index in [2.05, 4.69) is 10.3 Å². The summed E-state index contributed by atoms with van der Waals surface area (Å²) in [5.74, 6) is 0. The Kier molecular flexibility index (Phi) is 2.42. The maximum atomic E-state index is 11.7. The van der Waals surface area contributed by atoms with Crippen molar-refractivity contribution in [3.63, 3.8) is 0 Å². The van der Waals surface area contributed by atoms with Gasteiger partial charge in [-0.3, -0.25) is 14.3 Å². The highest BCUT2D eigenvalue weighted by molar-refractivity contribution is 5.18. The van der Waals surface area contributed by atoms with Gasteiger partial charge in [-0.1, -0.05) is 0 Å². The van der Waals surface area contributed by atoms with Crippen molar-refractivity contribution in [2.75, 3.05) is 13.2 Å². The molecule has 4 N–H and O–H groups in total. The molecule has 2 aliphatic heterocycles. The molecule has 4 atom stereocenters.